The van der Waals surface area contributed by atoms with Crippen molar-refractivity contribution in [1.82, 2.24) is 19.3 Å². The normalized spacial score (nSPS) is 17.9. The lowest BCUT2D eigenvalue weighted by Crippen LogP contribution is -2.59. The minimum absolute atomic E-state index is 0.0934. The van der Waals surface area contributed by atoms with Crippen molar-refractivity contribution in [2.45, 2.75) is 25.0 Å². The van der Waals surface area contributed by atoms with E-state index in [-0.39, 0.29) is 47.8 Å². The Morgan fingerprint density at radius 1 is 1.09 bits per heavy atom. The first-order valence-corrected chi connectivity index (χ1v) is 11.0. The maximum Gasteiger partial charge on any atom is 0.266 e. The van der Waals surface area contributed by atoms with Crippen LogP contribution in [0.3, 0.4) is 0 Å². The minimum atomic E-state index is -0.693. The average Bonchev–Trinajstić information content (AvgIpc) is 3.22. The summed E-state index contributed by atoms with van der Waals surface area (Å²) in [5.74, 6) is -0.913. The van der Waals surface area contributed by atoms with Gasteiger partial charge in [-0.1, -0.05) is 17.7 Å². The van der Waals surface area contributed by atoms with Gasteiger partial charge in [0.15, 0.2) is 0 Å². The molecule has 5 rings (SSSR count). The summed E-state index contributed by atoms with van der Waals surface area (Å²) in [5.41, 5.74) is 0.215. The second-order valence-corrected chi connectivity index (χ2v) is 8.51. The Morgan fingerprint density at radius 3 is 2.47 bits per heavy atom. The number of aromatic nitrogens is 4. The maximum absolute atomic E-state index is 14.1. The van der Waals surface area contributed by atoms with E-state index in [2.05, 4.69) is 10.1 Å². The number of hydrogen-bond acceptors (Lipinski definition) is 6. The summed E-state index contributed by atoms with van der Waals surface area (Å²) in [4.78, 5) is 19.4. The van der Waals surface area contributed by atoms with Crippen LogP contribution in [-0.4, -0.2) is 54.8 Å². The molecule has 8 nitrogen and oxygen atoms in total. The smallest absolute Gasteiger partial charge is 0.266 e. The summed E-state index contributed by atoms with van der Waals surface area (Å²) in [6, 6.07) is 6.49. The quantitative estimate of drug-likeness (QED) is 0.434. The molecular weight excluding hydrogens is 468 g/mol. The molecule has 4 heterocycles. The zero-order chi connectivity index (χ0) is 24.0. The second-order valence-electron chi connectivity index (χ2n) is 8.10. The van der Waals surface area contributed by atoms with Gasteiger partial charge in [-0.05, 0) is 24.6 Å². The molecule has 4 aromatic rings. The Hall–Kier alpha value is -3.34. The lowest BCUT2D eigenvalue weighted by Gasteiger charge is -2.48. The van der Waals surface area contributed by atoms with Gasteiger partial charge < -0.3 is 15.1 Å². The number of rotatable bonds is 6. The summed E-state index contributed by atoms with van der Waals surface area (Å²) < 4.78 is 30.9. The van der Waals surface area contributed by atoms with Crippen molar-refractivity contribution in [3.63, 3.8) is 0 Å². The van der Waals surface area contributed by atoms with E-state index in [9.17, 15) is 23.8 Å². The molecule has 0 amide bonds. The first kappa shape index (κ1) is 22.5. The van der Waals surface area contributed by atoms with Crippen LogP contribution in [0.4, 0.5) is 14.6 Å². The van der Waals surface area contributed by atoms with Crippen LogP contribution >= 0.6 is 11.6 Å². The summed E-state index contributed by atoms with van der Waals surface area (Å²) in [7, 11) is 0. The number of hydrogen-bond donors (Lipinski definition) is 2. The van der Waals surface area contributed by atoms with Gasteiger partial charge in [-0.15, -0.1) is 0 Å². The van der Waals surface area contributed by atoms with Crippen LogP contribution in [0.2, 0.25) is 5.02 Å². The van der Waals surface area contributed by atoms with Crippen molar-refractivity contribution in [1.29, 1.82) is 0 Å². The molecule has 1 aromatic carbocycles. The van der Waals surface area contributed by atoms with Crippen molar-refractivity contribution in [3.05, 3.63) is 81.5 Å². The number of anilines is 1. The van der Waals surface area contributed by atoms with Gasteiger partial charge in [0.05, 0.1) is 65.8 Å². The topological polar surface area (TPSA) is 96.4 Å². The van der Waals surface area contributed by atoms with E-state index in [1.807, 2.05) is 0 Å². The van der Waals surface area contributed by atoms with Gasteiger partial charge in [-0.2, -0.15) is 5.10 Å². The van der Waals surface area contributed by atoms with E-state index >= 15 is 0 Å². The highest BCUT2D eigenvalue weighted by atomic mass is 35.5. The van der Waals surface area contributed by atoms with Crippen molar-refractivity contribution in [2.75, 3.05) is 18.1 Å². The molecule has 2 atom stereocenters. The van der Waals surface area contributed by atoms with E-state index in [0.29, 0.717) is 23.4 Å². The SMILES string of the molecule is O=c1c2cnn(Cc3c(F)cccc3F)c2ccn1-c1cc(N2[C@H](CO)C[C@@H]2CO)ncc1Cl. The van der Waals surface area contributed by atoms with Crippen molar-refractivity contribution in [3.8, 4) is 5.69 Å². The van der Waals surface area contributed by atoms with Crippen LogP contribution in [0.5, 0.6) is 0 Å². The largest absolute Gasteiger partial charge is 0.394 e. The zero-order valence-electron chi connectivity index (χ0n) is 17.8. The molecule has 1 aliphatic heterocycles. The van der Waals surface area contributed by atoms with Gasteiger partial charge in [0.1, 0.15) is 17.5 Å². The highest BCUT2D eigenvalue weighted by Gasteiger charge is 2.38. The highest BCUT2D eigenvalue weighted by molar-refractivity contribution is 6.32. The number of halogens is 3. The number of benzene rings is 1. The monoisotopic (exact) mass is 487 g/mol. The molecule has 0 unspecified atom stereocenters. The Morgan fingerprint density at radius 2 is 1.79 bits per heavy atom. The fourth-order valence-electron chi connectivity index (χ4n) is 4.37. The molecule has 2 N–H and O–H groups in total. The number of aliphatic hydroxyl groups excluding tert-OH is 2. The van der Waals surface area contributed by atoms with Crippen LogP contribution in [0.15, 0.2) is 53.7 Å². The Balaban J connectivity index is 1.54. The first-order valence-electron chi connectivity index (χ1n) is 10.6. The van der Waals surface area contributed by atoms with Crippen LogP contribution in [0.1, 0.15) is 12.0 Å². The van der Waals surface area contributed by atoms with Gasteiger partial charge in [0.25, 0.3) is 5.56 Å². The summed E-state index contributed by atoms with van der Waals surface area (Å²) in [5, 5.41) is 23.8. The van der Waals surface area contributed by atoms with E-state index in [1.165, 1.54) is 46.0 Å². The lowest BCUT2D eigenvalue weighted by molar-refractivity contribution is 0.149. The molecule has 1 fully saturated rings. The third kappa shape index (κ3) is 3.64. The standard InChI is InChI=1S/C23H20ClF2N5O3/c24-17-9-27-22(31-13(11-32)6-14(31)12-33)7-21(17)29-5-4-20-15(23(29)34)8-28-30(20)10-16-18(25)2-1-3-19(16)26/h1-5,7-9,13-14,32-33H,6,10-12H2/t13-,14+. The Kier molecular flexibility index (Phi) is 5.80. The molecule has 176 valence electrons. The summed E-state index contributed by atoms with van der Waals surface area (Å²) in [6.45, 7) is -0.362. The third-order valence-electron chi connectivity index (χ3n) is 6.18. The zero-order valence-corrected chi connectivity index (χ0v) is 18.5. The van der Waals surface area contributed by atoms with Gasteiger partial charge >= 0.3 is 0 Å². The summed E-state index contributed by atoms with van der Waals surface area (Å²) >= 11 is 6.36. The molecule has 0 bridgehead atoms. The van der Waals surface area contributed by atoms with Crippen LogP contribution in [0.25, 0.3) is 16.6 Å². The van der Waals surface area contributed by atoms with E-state index in [1.54, 1.807) is 17.0 Å². The predicted octanol–water partition coefficient (Wildman–Crippen LogP) is 2.49. The fourth-order valence-corrected chi connectivity index (χ4v) is 4.56. The van der Waals surface area contributed by atoms with Crippen molar-refractivity contribution in [2.24, 2.45) is 0 Å². The van der Waals surface area contributed by atoms with Crippen molar-refractivity contribution < 1.29 is 19.0 Å². The lowest BCUT2D eigenvalue weighted by atomic mass is 9.94. The van der Waals surface area contributed by atoms with E-state index in [4.69, 9.17) is 11.6 Å². The molecule has 0 radical (unpaired) electrons. The Labute approximate surface area is 197 Å². The molecular formula is C23H20ClF2N5O3. The van der Waals surface area contributed by atoms with Gasteiger partial charge in [0.2, 0.25) is 0 Å². The number of pyridine rings is 2. The van der Waals surface area contributed by atoms with Crippen molar-refractivity contribution >= 4 is 28.3 Å². The second kappa shape index (κ2) is 8.79. The maximum atomic E-state index is 14.1. The molecule has 1 aliphatic rings. The number of aliphatic hydroxyl groups is 2. The van der Waals surface area contributed by atoms with Gasteiger partial charge in [0, 0.05) is 17.8 Å². The molecule has 11 heteroatoms. The van der Waals surface area contributed by atoms with Crippen LogP contribution in [-0.2, 0) is 6.54 Å². The highest BCUT2D eigenvalue weighted by Crippen LogP contribution is 2.33. The molecule has 0 aliphatic carbocycles. The van der Waals surface area contributed by atoms with Gasteiger partial charge in [-0.25, -0.2) is 13.8 Å². The third-order valence-corrected chi connectivity index (χ3v) is 6.47. The van der Waals surface area contributed by atoms with E-state index in [0.717, 1.165) is 0 Å². The molecule has 0 saturated carbocycles. The van der Waals surface area contributed by atoms with Gasteiger partial charge in [-0.3, -0.25) is 14.0 Å². The molecule has 1 saturated heterocycles. The predicted molar refractivity (Wildman–Crippen MR) is 122 cm³/mol. The molecule has 3 aromatic heterocycles. The molecule has 0 spiro atoms. The first-order chi connectivity index (χ1) is 16.4. The van der Waals surface area contributed by atoms with Crippen LogP contribution < -0.4 is 10.5 Å². The fraction of sp³-hybridized carbons (Fsp3) is 0.261. The Bertz CT molecular complexity index is 1410. The summed E-state index contributed by atoms with van der Waals surface area (Å²) in [6.07, 6.45) is 4.89. The minimum Gasteiger partial charge on any atom is -0.394 e. The number of nitrogens with zero attached hydrogens (tertiary/aromatic N) is 5. The van der Waals surface area contributed by atoms with E-state index < -0.39 is 17.2 Å². The molecule has 34 heavy (non-hydrogen) atoms. The van der Waals surface area contributed by atoms with Crippen LogP contribution in [0, 0.1) is 11.6 Å². The average molecular weight is 488 g/mol. The number of fused-ring (bicyclic) bond motifs is 1.